The summed E-state index contributed by atoms with van der Waals surface area (Å²) in [6.07, 6.45) is 5.79. The molecule has 0 saturated heterocycles. The van der Waals surface area contributed by atoms with Crippen molar-refractivity contribution < 1.29 is 14.4 Å². The molecule has 1 heterocycles. The average Bonchev–Trinajstić information content (AvgIpc) is 2.90. The molecule has 0 radical (unpaired) electrons. The highest BCUT2D eigenvalue weighted by Crippen LogP contribution is 2.32. The summed E-state index contributed by atoms with van der Waals surface area (Å²) in [5.41, 5.74) is 3.14. The van der Waals surface area contributed by atoms with Crippen LogP contribution < -0.4 is 4.74 Å². The molecule has 4 heteroatoms. The van der Waals surface area contributed by atoms with Gasteiger partial charge in [0.1, 0.15) is 18.6 Å². The van der Waals surface area contributed by atoms with Crippen LogP contribution in [0.1, 0.15) is 35.6 Å². The van der Waals surface area contributed by atoms with Gasteiger partial charge in [-0.2, -0.15) is 0 Å². The van der Waals surface area contributed by atoms with Crippen molar-refractivity contribution in [1.82, 2.24) is 5.16 Å². The van der Waals surface area contributed by atoms with E-state index in [0.29, 0.717) is 6.61 Å². The molecule has 4 nitrogen and oxygen atoms in total. The maximum absolute atomic E-state index is 9.87. The first-order chi connectivity index (χ1) is 8.83. The van der Waals surface area contributed by atoms with E-state index in [1.54, 1.807) is 12.5 Å². The van der Waals surface area contributed by atoms with E-state index >= 15 is 0 Å². The lowest BCUT2D eigenvalue weighted by Gasteiger charge is -2.21. The lowest BCUT2D eigenvalue weighted by Crippen LogP contribution is -2.09. The van der Waals surface area contributed by atoms with E-state index < -0.39 is 0 Å². The second kappa shape index (κ2) is 4.82. The highest BCUT2D eigenvalue weighted by atomic mass is 16.5. The van der Waals surface area contributed by atoms with Crippen molar-refractivity contribution in [2.75, 3.05) is 0 Å². The first-order valence-corrected chi connectivity index (χ1v) is 6.15. The van der Waals surface area contributed by atoms with Gasteiger partial charge in [-0.05, 0) is 42.5 Å². The molecule has 0 fully saturated rings. The molecule has 1 atom stereocenters. The zero-order valence-electron chi connectivity index (χ0n) is 10.0. The van der Waals surface area contributed by atoms with Gasteiger partial charge in [0.15, 0.2) is 0 Å². The van der Waals surface area contributed by atoms with Crippen LogP contribution in [0, 0.1) is 0 Å². The molecule has 18 heavy (non-hydrogen) atoms. The molecule has 1 N–H and O–H groups in total. The smallest absolute Gasteiger partial charge is 0.130 e. The normalized spacial score (nSPS) is 18.4. The van der Waals surface area contributed by atoms with Crippen molar-refractivity contribution in [3.8, 4) is 5.75 Å². The van der Waals surface area contributed by atoms with E-state index in [9.17, 15) is 5.11 Å². The molecule has 0 spiro atoms. The summed E-state index contributed by atoms with van der Waals surface area (Å²) < 4.78 is 10.4. The molecule has 0 amide bonds. The lowest BCUT2D eigenvalue weighted by molar-refractivity contribution is 0.156. The zero-order valence-corrected chi connectivity index (χ0v) is 10.0. The number of rotatable bonds is 3. The standard InChI is InChI=1S/C14H15NO3/c16-14-3-1-2-11-6-12(4-5-13(11)14)17-8-10-7-15-18-9-10/h4-7,9,14,16H,1-3,8H2. The molecule has 94 valence electrons. The SMILES string of the molecule is OC1CCCc2cc(OCc3cnoc3)ccc21. The first kappa shape index (κ1) is 11.3. The number of hydrogen-bond donors (Lipinski definition) is 1. The van der Waals surface area contributed by atoms with Crippen molar-refractivity contribution >= 4 is 0 Å². The van der Waals surface area contributed by atoms with E-state index in [2.05, 4.69) is 5.16 Å². The third-order valence-electron chi connectivity index (χ3n) is 3.29. The average molecular weight is 245 g/mol. The monoisotopic (exact) mass is 245 g/mol. The topological polar surface area (TPSA) is 55.5 Å². The van der Waals surface area contributed by atoms with Gasteiger partial charge in [0.2, 0.25) is 0 Å². The number of ether oxygens (including phenoxy) is 1. The number of aromatic nitrogens is 1. The van der Waals surface area contributed by atoms with Crippen molar-refractivity contribution in [2.45, 2.75) is 32.0 Å². The third-order valence-corrected chi connectivity index (χ3v) is 3.29. The van der Waals surface area contributed by atoms with E-state index in [4.69, 9.17) is 9.26 Å². The Morgan fingerprint density at radius 3 is 3.22 bits per heavy atom. The van der Waals surface area contributed by atoms with Gasteiger partial charge in [-0.3, -0.25) is 0 Å². The summed E-state index contributed by atoms with van der Waals surface area (Å²) >= 11 is 0. The quantitative estimate of drug-likeness (QED) is 0.903. The largest absolute Gasteiger partial charge is 0.489 e. The number of aliphatic hydroxyl groups excluding tert-OH is 1. The Morgan fingerprint density at radius 2 is 2.39 bits per heavy atom. The summed E-state index contributed by atoms with van der Waals surface area (Å²) in [7, 11) is 0. The fourth-order valence-electron chi connectivity index (χ4n) is 2.32. The number of aryl methyl sites for hydroxylation is 1. The summed E-state index contributed by atoms with van der Waals surface area (Å²) in [4.78, 5) is 0. The summed E-state index contributed by atoms with van der Waals surface area (Å²) in [6, 6.07) is 5.88. The van der Waals surface area contributed by atoms with Crippen LogP contribution in [0.25, 0.3) is 0 Å². The predicted molar refractivity (Wildman–Crippen MR) is 65.2 cm³/mol. The molecule has 0 bridgehead atoms. The Labute approximate surface area is 105 Å². The van der Waals surface area contributed by atoms with Gasteiger partial charge in [0.05, 0.1) is 12.3 Å². The second-order valence-electron chi connectivity index (χ2n) is 4.59. The Kier molecular flexibility index (Phi) is 3.02. The Hall–Kier alpha value is -1.81. The fraction of sp³-hybridized carbons (Fsp3) is 0.357. The summed E-state index contributed by atoms with van der Waals surface area (Å²) in [5, 5.41) is 13.5. The number of hydrogen-bond acceptors (Lipinski definition) is 4. The molecule has 1 aliphatic carbocycles. The van der Waals surface area contributed by atoms with E-state index in [-0.39, 0.29) is 6.10 Å². The fourth-order valence-corrected chi connectivity index (χ4v) is 2.32. The lowest BCUT2D eigenvalue weighted by atomic mass is 9.89. The molecule has 1 unspecified atom stereocenters. The molecule has 0 saturated carbocycles. The van der Waals surface area contributed by atoms with E-state index in [0.717, 1.165) is 36.1 Å². The van der Waals surface area contributed by atoms with Gasteiger partial charge in [-0.25, -0.2) is 0 Å². The van der Waals surface area contributed by atoms with Crippen molar-refractivity contribution in [2.24, 2.45) is 0 Å². The van der Waals surface area contributed by atoms with Crippen LogP contribution in [0.15, 0.2) is 35.2 Å². The van der Waals surface area contributed by atoms with Crippen LogP contribution in [0.5, 0.6) is 5.75 Å². The van der Waals surface area contributed by atoms with Crippen LogP contribution >= 0.6 is 0 Å². The predicted octanol–water partition coefficient (Wildman–Crippen LogP) is 2.62. The minimum absolute atomic E-state index is 0.319. The van der Waals surface area contributed by atoms with Crippen molar-refractivity contribution in [3.63, 3.8) is 0 Å². The van der Waals surface area contributed by atoms with Gasteiger partial charge in [0, 0.05) is 5.56 Å². The zero-order chi connectivity index (χ0) is 12.4. The number of fused-ring (bicyclic) bond motifs is 1. The molecular weight excluding hydrogens is 230 g/mol. The number of benzene rings is 1. The van der Waals surface area contributed by atoms with Crippen molar-refractivity contribution in [1.29, 1.82) is 0 Å². The maximum Gasteiger partial charge on any atom is 0.130 e. The molecule has 1 aromatic heterocycles. The molecule has 0 aliphatic heterocycles. The minimum atomic E-state index is -0.319. The second-order valence-corrected chi connectivity index (χ2v) is 4.59. The summed E-state index contributed by atoms with van der Waals surface area (Å²) in [6.45, 7) is 0.449. The van der Waals surface area contributed by atoms with Crippen LogP contribution in [0.3, 0.4) is 0 Å². The maximum atomic E-state index is 9.87. The number of aliphatic hydroxyl groups is 1. The highest BCUT2D eigenvalue weighted by Gasteiger charge is 2.18. The van der Waals surface area contributed by atoms with Gasteiger partial charge < -0.3 is 14.4 Å². The molecule has 1 aromatic carbocycles. The van der Waals surface area contributed by atoms with Crippen LogP contribution in [-0.2, 0) is 13.0 Å². The van der Waals surface area contributed by atoms with Crippen LogP contribution in [0.2, 0.25) is 0 Å². The van der Waals surface area contributed by atoms with Crippen molar-refractivity contribution in [3.05, 3.63) is 47.3 Å². The molecule has 2 aromatic rings. The van der Waals surface area contributed by atoms with E-state index in [1.165, 1.54) is 5.56 Å². The Morgan fingerprint density at radius 1 is 1.44 bits per heavy atom. The van der Waals surface area contributed by atoms with E-state index in [1.807, 2.05) is 18.2 Å². The van der Waals surface area contributed by atoms with Gasteiger partial charge >= 0.3 is 0 Å². The molecule has 1 aliphatic rings. The third kappa shape index (κ3) is 2.24. The van der Waals surface area contributed by atoms with Gasteiger partial charge in [0.25, 0.3) is 0 Å². The molecule has 3 rings (SSSR count). The number of nitrogens with zero attached hydrogens (tertiary/aromatic N) is 1. The van der Waals surface area contributed by atoms with Gasteiger partial charge in [-0.15, -0.1) is 0 Å². The Balaban J connectivity index is 1.74. The summed E-state index contributed by atoms with van der Waals surface area (Å²) in [5.74, 6) is 0.823. The first-order valence-electron chi connectivity index (χ1n) is 6.15. The minimum Gasteiger partial charge on any atom is -0.489 e. The van der Waals surface area contributed by atoms with Gasteiger partial charge in [-0.1, -0.05) is 11.2 Å². The van der Waals surface area contributed by atoms with Crippen LogP contribution in [-0.4, -0.2) is 10.3 Å². The van der Waals surface area contributed by atoms with Crippen LogP contribution in [0.4, 0.5) is 0 Å². The Bertz CT molecular complexity index is 522. The highest BCUT2D eigenvalue weighted by molar-refractivity contribution is 5.38. The molecular formula is C14H15NO3.